The third-order valence-electron chi connectivity index (χ3n) is 2.35. The molecule has 0 N–H and O–H groups in total. The van der Waals surface area contributed by atoms with Crippen LogP contribution in [0, 0.1) is 11.3 Å². The van der Waals surface area contributed by atoms with Gasteiger partial charge in [-0.15, -0.1) is 5.10 Å². The van der Waals surface area contributed by atoms with E-state index in [1.807, 2.05) is 24.1 Å². The number of anilines is 1. The summed E-state index contributed by atoms with van der Waals surface area (Å²) in [5.74, 6) is 0.590. The molecule has 2 aromatic heterocycles. The van der Waals surface area contributed by atoms with E-state index in [1.165, 1.54) is 6.20 Å². The maximum Gasteiger partial charge on any atom is 0.169 e. The van der Waals surface area contributed by atoms with Crippen molar-refractivity contribution >= 4 is 5.82 Å². The van der Waals surface area contributed by atoms with Crippen molar-refractivity contribution in [3.05, 3.63) is 47.9 Å². The first-order valence-electron chi connectivity index (χ1n) is 5.13. The normalized spacial score (nSPS) is 9.65. The Morgan fingerprint density at radius 3 is 2.71 bits per heavy atom. The topological polar surface area (TPSA) is 65.7 Å². The van der Waals surface area contributed by atoms with Crippen molar-refractivity contribution in [3.63, 3.8) is 0 Å². The van der Waals surface area contributed by atoms with Gasteiger partial charge in [-0.1, -0.05) is 0 Å². The summed E-state index contributed by atoms with van der Waals surface area (Å²) in [6.07, 6.45) is 5.00. The van der Waals surface area contributed by atoms with E-state index in [0.29, 0.717) is 17.9 Å². The third-order valence-corrected chi connectivity index (χ3v) is 2.35. The number of aromatic nitrogens is 3. The van der Waals surface area contributed by atoms with Gasteiger partial charge in [0.15, 0.2) is 5.82 Å². The average molecular weight is 225 g/mol. The highest BCUT2D eigenvalue weighted by Gasteiger charge is 2.09. The van der Waals surface area contributed by atoms with Crippen LogP contribution in [0.25, 0.3) is 0 Å². The van der Waals surface area contributed by atoms with Crippen LogP contribution in [-0.2, 0) is 6.54 Å². The zero-order chi connectivity index (χ0) is 12.1. The largest absolute Gasteiger partial charge is 0.353 e. The molecule has 84 valence electrons. The lowest BCUT2D eigenvalue weighted by Gasteiger charge is -2.18. The quantitative estimate of drug-likeness (QED) is 0.789. The van der Waals surface area contributed by atoms with Crippen LogP contribution in [0.1, 0.15) is 11.1 Å². The Hall–Kier alpha value is -2.48. The van der Waals surface area contributed by atoms with Gasteiger partial charge in [-0.05, 0) is 23.8 Å². The molecule has 0 saturated heterocycles. The summed E-state index contributed by atoms with van der Waals surface area (Å²) in [6.45, 7) is 0.663. The van der Waals surface area contributed by atoms with Gasteiger partial charge in [0.2, 0.25) is 0 Å². The summed E-state index contributed by atoms with van der Waals surface area (Å²) >= 11 is 0. The lowest BCUT2D eigenvalue weighted by molar-refractivity contribution is 0.861. The molecule has 2 aromatic rings. The number of nitriles is 1. The van der Waals surface area contributed by atoms with Crippen molar-refractivity contribution in [1.29, 1.82) is 5.26 Å². The number of rotatable bonds is 3. The highest BCUT2D eigenvalue weighted by atomic mass is 15.2. The molecule has 0 amide bonds. The number of nitrogens with zero attached hydrogens (tertiary/aromatic N) is 5. The summed E-state index contributed by atoms with van der Waals surface area (Å²) in [4.78, 5) is 5.85. The molecule has 5 heteroatoms. The Labute approximate surface area is 99.4 Å². The van der Waals surface area contributed by atoms with Gasteiger partial charge in [0.05, 0.1) is 11.8 Å². The number of hydrogen-bond acceptors (Lipinski definition) is 5. The Balaban J connectivity index is 2.21. The standard InChI is InChI=1S/C12H11N5/c1-17(9-10-2-5-14-6-3-10)12-11(8-13)4-7-15-16-12/h2-7H,9H2,1H3. The van der Waals surface area contributed by atoms with Gasteiger partial charge in [0.1, 0.15) is 6.07 Å². The highest BCUT2D eigenvalue weighted by molar-refractivity contribution is 5.52. The second-order valence-corrected chi connectivity index (χ2v) is 3.59. The minimum Gasteiger partial charge on any atom is -0.353 e. The molecule has 0 aromatic carbocycles. The Bertz CT molecular complexity index is 532. The van der Waals surface area contributed by atoms with Crippen molar-refractivity contribution in [1.82, 2.24) is 15.2 Å². The number of pyridine rings is 1. The Morgan fingerprint density at radius 2 is 2.00 bits per heavy atom. The summed E-state index contributed by atoms with van der Waals surface area (Å²) in [6, 6.07) is 7.62. The molecule has 2 heterocycles. The summed E-state index contributed by atoms with van der Waals surface area (Å²) in [5.41, 5.74) is 1.63. The molecule has 0 aliphatic rings. The monoisotopic (exact) mass is 225 g/mol. The molecule has 0 aliphatic carbocycles. The molecule has 0 saturated carbocycles. The van der Waals surface area contributed by atoms with E-state index in [4.69, 9.17) is 5.26 Å². The van der Waals surface area contributed by atoms with Crippen molar-refractivity contribution in [2.75, 3.05) is 11.9 Å². The van der Waals surface area contributed by atoms with E-state index >= 15 is 0 Å². The van der Waals surface area contributed by atoms with Crippen molar-refractivity contribution in [3.8, 4) is 6.07 Å². The molecule has 5 nitrogen and oxygen atoms in total. The molecule has 2 rings (SSSR count). The van der Waals surface area contributed by atoms with Gasteiger partial charge in [0.25, 0.3) is 0 Å². The van der Waals surface area contributed by atoms with Gasteiger partial charge in [0, 0.05) is 26.0 Å². The van der Waals surface area contributed by atoms with Crippen LogP contribution in [0.3, 0.4) is 0 Å². The predicted molar refractivity (Wildman–Crippen MR) is 63.1 cm³/mol. The van der Waals surface area contributed by atoms with Crippen LogP contribution >= 0.6 is 0 Å². The average Bonchev–Trinajstić information content (AvgIpc) is 2.40. The Kier molecular flexibility index (Phi) is 3.26. The van der Waals surface area contributed by atoms with Crippen LogP contribution in [0.4, 0.5) is 5.82 Å². The van der Waals surface area contributed by atoms with Crippen molar-refractivity contribution < 1.29 is 0 Å². The molecule has 17 heavy (non-hydrogen) atoms. The van der Waals surface area contributed by atoms with E-state index in [2.05, 4.69) is 21.3 Å². The molecule has 0 unspecified atom stereocenters. The molecule has 0 atom stereocenters. The van der Waals surface area contributed by atoms with Gasteiger partial charge < -0.3 is 4.90 Å². The molecule has 0 bridgehead atoms. The van der Waals surface area contributed by atoms with Crippen LogP contribution in [0.2, 0.25) is 0 Å². The molecular formula is C12H11N5. The van der Waals surface area contributed by atoms with Crippen LogP contribution in [-0.4, -0.2) is 22.2 Å². The zero-order valence-electron chi connectivity index (χ0n) is 9.41. The SMILES string of the molecule is CN(Cc1ccncc1)c1nnccc1C#N. The molecule has 0 fully saturated rings. The highest BCUT2D eigenvalue weighted by Crippen LogP contribution is 2.15. The van der Waals surface area contributed by atoms with Crippen molar-refractivity contribution in [2.24, 2.45) is 0 Å². The smallest absolute Gasteiger partial charge is 0.169 e. The second-order valence-electron chi connectivity index (χ2n) is 3.59. The first-order chi connectivity index (χ1) is 8.31. The van der Waals surface area contributed by atoms with Crippen LogP contribution in [0.15, 0.2) is 36.8 Å². The van der Waals surface area contributed by atoms with Gasteiger partial charge in [-0.25, -0.2) is 0 Å². The fourth-order valence-electron chi connectivity index (χ4n) is 1.53. The first-order valence-corrected chi connectivity index (χ1v) is 5.13. The van der Waals surface area contributed by atoms with E-state index in [0.717, 1.165) is 5.56 Å². The second kappa shape index (κ2) is 5.03. The number of hydrogen-bond donors (Lipinski definition) is 0. The van der Waals surface area contributed by atoms with Gasteiger partial charge in [-0.3, -0.25) is 4.98 Å². The fourth-order valence-corrected chi connectivity index (χ4v) is 1.53. The summed E-state index contributed by atoms with van der Waals surface area (Å²) in [5, 5.41) is 16.8. The predicted octanol–water partition coefficient (Wildman–Crippen LogP) is 1.38. The summed E-state index contributed by atoms with van der Waals surface area (Å²) in [7, 11) is 1.88. The lowest BCUT2D eigenvalue weighted by atomic mass is 10.2. The molecule has 0 radical (unpaired) electrons. The third kappa shape index (κ3) is 2.55. The molecular weight excluding hydrogens is 214 g/mol. The van der Waals surface area contributed by atoms with Crippen LogP contribution < -0.4 is 4.90 Å². The minimum atomic E-state index is 0.525. The van der Waals surface area contributed by atoms with Gasteiger partial charge in [-0.2, -0.15) is 10.4 Å². The van der Waals surface area contributed by atoms with Gasteiger partial charge >= 0.3 is 0 Å². The van der Waals surface area contributed by atoms with E-state index in [1.54, 1.807) is 18.5 Å². The molecule has 0 spiro atoms. The zero-order valence-corrected chi connectivity index (χ0v) is 9.41. The summed E-state index contributed by atoms with van der Waals surface area (Å²) < 4.78 is 0. The molecule has 0 aliphatic heterocycles. The van der Waals surface area contributed by atoms with Crippen molar-refractivity contribution in [2.45, 2.75) is 6.54 Å². The minimum absolute atomic E-state index is 0.525. The van der Waals surface area contributed by atoms with E-state index in [9.17, 15) is 0 Å². The maximum atomic E-state index is 8.98. The lowest BCUT2D eigenvalue weighted by Crippen LogP contribution is -2.19. The van der Waals surface area contributed by atoms with E-state index < -0.39 is 0 Å². The first kappa shape index (κ1) is 11.0. The maximum absolute atomic E-state index is 8.98. The Morgan fingerprint density at radius 1 is 1.24 bits per heavy atom. The van der Waals surface area contributed by atoms with Crippen LogP contribution in [0.5, 0.6) is 0 Å². The van der Waals surface area contributed by atoms with E-state index in [-0.39, 0.29) is 0 Å². The fraction of sp³-hybridized carbons (Fsp3) is 0.167.